The zero-order valence-electron chi connectivity index (χ0n) is 25.5. The highest BCUT2D eigenvalue weighted by atomic mass is 35.5. The lowest BCUT2D eigenvalue weighted by Gasteiger charge is -2.25. The Bertz CT molecular complexity index is 1390. The van der Waals surface area contributed by atoms with Gasteiger partial charge in [0.25, 0.3) is 15.9 Å². The number of amides is 2. The number of ether oxygens (including phenoxy) is 3. The van der Waals surface area contributed by atoms with E-state index in [-0.39, 0.29) is 39.1 Å². The molecule has 0 bridgehead atoms. The van der Waals surface area contributed by atoms with Crippen molar-refractivity contribution < 1.29 is 32.2 Å². The zero-order valence-corrected chi connectivity index (χ0v) is 29.6. The molecule has 12 nitrogen and oxygen atoms in total. The minimum atomic E-state index is -4.34. The average molecular weight is 697 g/mol. The highest BCUT2D eigenvalue weighted by Crippen LogP contribution is 2.35. The Morgan fingerprint density at radius 1 is 1.19 bits per heavy atom. The first-order chi connectivity index (χ1) is 19.9. The van der Waals surface area contributed by atoms with Crippen molar-refractivity contribution >= 4 is 70.9 Å². The van der Waals surface area contributed by atoms with E-state index in [0.717, 1.165) is 22.1 Å². The number of carbonyl (C=O) groups excluding carboxylic acids is 2. The molecule has 1 aromatic heterocycles. The number of hydrogen-bond acceptors (Lipinski definition) is 10. The fourth-order valence-corrected chi connectivity index (χ4v) is 6.92. The first-order valence-corrected chi connectivity index (χ1v) is 20.1. The molecule has 0 aliphatic carbocycles. The first-order valence-electron chi connectivity index (χ1n) is 13.2. The maximum atomic E-state index is 13.9. The molecular formula is C26H39Cl2N5O7S2Si. The van der Waals surface area contributed by atoms with Gasteiger partial charge in [-0.05, 0) is 38.9 Å². The number of nitrogens with one attached hydrogen (secondary N) is 2. The molecule has 0 unspecified atom stereocenters. The summed E-state index contributed by atoms with van der Waals surface area (Å²) in [6, 6.07) is 4.13. The molecule has 2 N–H and O–H groups in total. The van der Waals surface area contributed by atoms with Crippen LogP contribution in [0.15, 0.2) is 34.3 Å². The molecule has 2 amide bonds. The summed E-state index contributed by atoms with van der Waals surface area (Å²) >= 11 is 13.5. The lowest BCUT2D eigenvalue weighted by Crippen LogP contribution is -2.48. The third-order valence-electron chi connectivity index (χ3n) is 5.47. The monoisotopic (exact) mass is 695 g/mol. The van der Waals surface area contributed by atoms with E-state index in [1.54, 1.807) is 20.8 Å². The quantitative estimate of drug-likeness (QED) is 0.119. The number of hydrogen-bond donors (Lipinski definition) is 2. The summed E-state index contributed by atoms with van der Waals surface area (Å²) < 4.78 is 45.1. The largest absolute Gasteiger partial charge is 0.478 e. The number of sulfonamides is 1. The van der Waals surface area contributed by atoms with E-state index in [1.165, 1.54) is 38.6 Å². The third-order valence-corrected chi connectivity index (χ3v) is 10.9. The number of nitrogens with zero attached hydrogens (tertiary/aromatic N) is 3. The number of benzene rings is 1. The van der Waals surface area contributed by atoms with Gasteiger partial charge in [-0.3, -0.25) is 4.79 Å². The molecule has 2 rings (SSSR count). The summed E-state index contributed by atoms with van der Waals surface area (Å²) in [6.07, 6.45) is 0.580. The van der Waals surface area contributed by atoms with Gasteiger partial charge in [0, 0.05) is 27.5 Å². The Morgan fingerprint density at radius 2 is 1.86 bits per heavy atom. The summed E-state index contributed by atoms with van der Waals surface area (Å²) in [4.78, 5) is 33.2. The van der Waals surface area contributed by atoms with Crippen LogP contribution >= 0.6 is 35.0 Å². The smallest absolute Gasteiger partial charge is 0.408 e. The van der Waals surface area contributed by atoms with Crippen LogP contribution in [0.3, 0.4) is 0 Å². The summed E-state index contributed by atoms with van der Waals surface area (Å²) in [6.45, 7) is 11.6. The summed E-state index contributed by atoms with van der Waals surface area (Å²) in [5.41, 5.74) is -0.751. The molecule has 240 valence electrons. The Labute approximate surface area is 268 Å². The molecule has 0 fully saturated rings. The van der Waals surface area contributed by atoms with E-state index in [1.807, 2.05) is 0 Å². The highest BCUT2D eigenvalue weighted by Gasteiger charge is 2.33. The Balaban J connectivity index is 2.40. The van der Waals surface area contributed by atoms with Crippen molar-refractivity contribution in [2.45, 2.75) is 68.0 Å². The summed E-state index contributed by atoms with van der Waals surface area (Å²) in [5, 5.41) is 5.27. The molecular weight excluding hydrogens is 657 g/mol. The summed E-state index contributed by atoms with van der Waals surface area (Å²) in [5.74, 6) is -0.625. The molecule has 0 aliphatic rings. The van der Waals surface area contributed by atoms with Crippen molar-refractivity contribution in [2.24, 2.45) is 0 Å². The first kappa shape index (κ1) is 36.9. The molecule has 0 saturated carbocycles. The van der Waals surface area contributed by atoms with E-state index in [4.69, 9.17) is 37.4 Å². The minimum absolute atomic E-state index is 0.0655. The van der Waals surface area contributed by atoms with Crippen LogP contribution in [-0.2, 0) is 24.3 Å². The van der Waals surface area contributed by atoms with Crippen molar-refractivity contribution in [3.05, 3.63) is 34.4 Å². The van der Waals surface area contributed by atoms with Gasteiger partial charge in [0.1, 0.15) is 28.3 Å². The number of methoxy groups -OCH3 is 1. The van der Waals surface area contributed by atoms with Crippen LogP contribution in [0, 0.1) is 0 Å². The van der Waals surface area contributed by atoms with Gasteiger partial charge in [-0.25, -0.2) is 27.5 Å². The van der Waals surface area contributed by atoms with Crippen LogP contribution < -0.4 is 19.7 Å². The van der Waals surface area contributed by atoms with E-state index in [2.05, 4.69) is 40.2 Å². The molecule has 17 heteroatoms. The lowest BCUT2D eigenvalue weighted by atomic mass is 10.2. The SMILES string of the molecule is CNC(=O)[C@H](CSc1cnc(N(COCC[Si](C)(C)C)S(=O)(=O)c2cccc(Cl)c2Cl)c(OC)n1)NC(=O)OC(C)(C)C. The van der Waals surface area contributed by atoms with Crippen molar-refractivity contribution in [1.29, 1.82) is 0 Å². The van der Waals surface area contributed by atoms with Crippen molar-refractivity contribution in [1.82, 2.24) is 20.6 Å². The number of rotatable bonds is 14. The molecule has 0 spiro atoms. The van der Waals surface area contributed by atoms with Crippen LogP contribution in [0.1, 0.15) is 20.8 Å². The van der Waals surface area contributed by atoms with E-state index >= 15 is 0 Å². The maximum absolute atomic E-state index is 13.9. The summed E-state index contributed by atoms with van der Waals surface area (Å²) in [7, 11) is -3.03. The molecule has 2 aromatic rings. The number of anilines is 1. The fourth-order valence-electron chi connectivity index (χ4n) is 3.28. The third kappa shape index (κ3) is 11.3. The topological polar surface area (TPSA) is 149 Å². The van der Waals surface area contributed by atoms with Gasteiger partial charge < -0.3 is 24.8 Å². The minimum Gasteiger partial charge on any atom is -0.478 e. The van der Waals surface area contributed by atoms with Crippen LogP contribution in [0.5, 0.6) is 5.88 Å². The normalized spacial score (nSPS) is 12.8. The van der Waals surface area contributed by atoms with Crippen LogP contribution in [-0.4, -0.2) is 83.4 Å². The number of aromatic nitrogens is 2. The van der Waals surface area contributed by atoms with Gasteiger partial charge in [0.15, 0.2) is 0 Å². The van der Waals surface area contributed by atoms with Crippen molar-refractivity contribution in [3.63, 3.8) is 0 Å². The number of thioether (sulfide) groups is 1. The van der Waals surface area contributed by atoms with E-state index < -0.39 is 41.7 Å². The number of alkyl carbamates (subject to hydrolysis) is 1. The predicted molar refractivity (Wildman–Crippen MR) is 172 cm³/mol. The molecule has 0 radical (unpaired) electrons. The number of halogens is 2. The van der Waals surface area contributed by atoms with Crippen LogP contribution in [0.25, 0.3) is 0 Å². The van der Waals surface area contributed by atoms with Crippen LogP contribution in [0.4, 0.5) is 10.6 Å². The second-order valence-corrected chi connectivity index (χ2v) is 20.7. The fraction of sp³-hybridized carbons (Fsp3) is 0.538. The van der Waals surface area contributed by atoms with Crippen molar-refractivity contribution in [3.8, 4) is 5.88 Å². The maximum Gasteiger partial charge on any atom is 0.408 e. The molecule has 0 aliphatic heterocycles. The second-order valence-electron chi connectivity index (χ2n) is 11.4. The standard InChI is InChI=1S/C26H39Cl2N5O7S2Si/c1-26(2,3)40-25(35)31-18(23(34)29-4)15-41-20-14-30-22(24(32-20)38-5)33(16-39-12-13-43(6,7)8)42(36,37)19-11-9-10-17(27)21(19)28/h9-11,14,18H,12-13,15-16H2,1-8H3,(H,29,34)(H,31,35)/t18-/m0/s1. The molecule has 1 aromatic carbocycles. The van der Waals surface area contributed by atoms with Gasteiger partial charge in [0.05, 0.1) is 23.4 Å². The van der Waals surface area contributed by atoms with Gasteiger partial charge in [0.2, 0.25) is 11.7 Å². The number of carbonyl (C=O) groups is 2. The Morgan fingerprint density at radius 3 is 2.44 bits per heavy atom. The molecule has 0 saturated heterocycles. The van der Waals surface area contributed by atoms with Crippen molar-refractivity contribution in [2.75, 3.05) is 37.6 Å². The molecule has 43 heavy (non-hydrogen) atoms. The lowest BCUT2D eigenvalue weighted by molar-refractivity contribution is -0.122. The van der Waals surface area contributed by atoms with E-state index in [0.29, 0.717) is 11.6 Å². The Hall–Kier alpha value is -2.30. The van der Waals surface area contributed by atoms with Gasteiger partial charge in [-0.1, -0.05) is 48.9 Å². The average Bonchev–Trinajstić information content (AvgIpc) is 2.90. The zero-order chi connectivity index (χ0) is 32.6. The molecule has 1 heterocycles. The second kappa shape index (κ2) is 15.6. The van der Waals surface area contributed by atoms with Crippen LogP contribution in [0.2, 0.25) is 35.7 Å². The highest BCUT2D eigenvalue weighted by molar-refractivity contribution is 7.99. The predicted octanol–water partition coefficient (Wildman–Crippen LogP) is 5.03. The van der Waals surface area contributed by atoms with E-state index in [9.17, 15) is 18.0 Å². The van der Waals surface area contributed by atoms with Gasteiger partial charge in [-0.2, -0.15) is 0 Å². The Kier molecular flexibility index (Phi) is 13.4. The number of likely N-dealkylation sites (N-methyl/N-ethyl adjacent to an activating group) is 1. The van der Waals surface area contributed by atoms with Gasteiger partial charge >= 0.3 is 6.09 Å². The molecule has 1 atom stereocenters. The van der Waals surface area contributed by atoms with Gasteiger partial charge in [-0.15, -0.1) is 11.8 Å².